The molecule has 1 aromatic rings. The molecule has 1 aromatic carbocycles. The van der Waals surface area contributed by atoms with Crippen molar-refractivity contribution in [2.75, 3.05) is 0 Å². The highest BCUT2D eigenvalue weighted by Crippen LogP contribution is 2.21. The van der Waals surface area contributed by atoms with Crippen molar-refractivity contribution in [3.63, 3.8) is 0 Å². The monoisotopic (exact) mass is 283 g/mol. The SMILES string of the molecule is CCCC(NC(C)C(C)c1ccc(Cl)cc1)C(=O)O. The molecule has 3 atom stereocenters. The molecule has 0 saturated carbocycles. The highest BCUT2D eigenvalue weighted by atomic mass is 35.5. The molecule has 0 heterocycles. The fourth-order valence-corrected chi connectivity index (χ4v) is 2.21. The normalized spacial score (nSPS) is 15.8. The summed E-state index contributed by atoms with van der Waals surface area (Å²) in [6.45, 7) is 6.10. The van der Waals surface area contributed by atoms with E-state index in [1.807, 2.05) is 38.1 Å². The molecule has 0 bridgehead atoms. The molecule has 19 heavy (non-hydrogen) atoms. The fourth-order valence-electron chi connectivity index (χ4n) is 2.08. The van der Waals surface area contributed by atoms with Crippen molar-refractivity contribution < 1.29 is 9.90 Å². The first-order valence-electron chi connectivity index (χ1n) is 6.70. The third-order valence-corrected chi connectivity index (χ3v) is 3.74. The van der Waals surface area contributed by atoms with Crippen molar-refractivity contribution in [1.82, 2.24) is 5.32 Å². The topological polar surface area (TPSA) is 49.3 Å². The van der Waals surface area contributed by atoms with Crippen molar-refractivity contribution >= 4 is 17.6 Å². The van der Waals surface area contributed by atoms with E-state index in [0.717, 1.165) is 12.0 Å². The number of rotatable bonds is 7. The Kier molecular flexibility index (Phi) is 6.32. The molecule has 0 aromatic heterocycles. The van der Waals surface area contributed by atoms with Gasteiger partial charge in [0, 0.05) is 11.1 Å². The Morgan fingerprint density at radius 3 is 2.37 bits per heavy atom. The van der Waals surface area contributed by atoms with Crippen molar-refractivity contribution in [3.05, 3.63) is 34.9 Å². The smallest absolute Gasteiger partial charge is 0.320 e. The first-order valence-corrected chi connectivity index (χ1v) is 7.07. The molecular formula is C15H22ClNO2. The average Bonchev–Trinajstić information content (AvgIpc) is 2.38. The van der Waals surface area contributed by atoms with E-state index in [9.17, 15) is 4.79 Å². The second kappa shape index (κ2) is 7.51. The van der Waals surface area contributed by atoms with E-state index < -0.39 is 12.0 Å². The standard InChI is InChI=1S/C15H22ClNO2/c1-4-5-14(15(18)19)17-11(3)10(2)12-6-8-13(16)9-7-12/h6-11,14,17H,4-5H2,1-3H3,(H,18,19). The van der Waals surface area contributed by atoms with Gasteiger partial charge >= 0.3 is 5.97 Å². The van der Waals surface area contributed by atoms with Crippen LogP contribution in [-0.2, 0) is 4.79 Å². The maximum Gasteiger partial charge on any atom is 0.320 e. The molecule has 0 aliphatic rings. The quantitative estimate of drug-likeness (QED) is 0.803. The molecule has 3 unspecified atom stereocenters. The maximum absolute atomic E-state index is 11.1. The molecule has 1 rings (SSSR count). The van der Waals surface area contributed by atoms with Gasteiger partial charge in [0.2, 0.25) is 0 Å². The Balaban J connectivity index is 2.68. The summed E-state index contributed by atoms with van der Waals surface area (Å²) in [5, 5.41) is 13.1. The van der Waals surface area contributed by atoms with Crippen LogP contribution in [0.15, 0.2) is 24.3 Å². The van der Waals surface area contributed by atoms with Gasteiger partial charge < -0.3 is 10.4 Å². The largest absolute Gasteiger partial charge is 0.480 e. The van der Waals surface area contributed by atoms with E-state index >= 15 is 0 Å². The van der Waals surface area contributed by atoms with Crippen LogP contribution in [0.3, 0.4) is 0 Å². The second-order valence-corrected chi connectivity index (χ2v) is 5.41. The highest BCUT2D eigenvalue weighted by Gasteiger charge is 2.22. The van der Waals surface area contributed by atoms with Crippen molar-refractivity contribution in [2.24, 2.45) is 0 Å². The van der Waals surface area contributed by atoms with Gasteiger partial charge in [0.25, 0.3) is 0 Å². The molecule has 0 radical (unpaired) electrons. The van der Waals surface area contributed by atoms with E-state index in [1.165, 1.54) is 0 Å². The van der Waals surface area contributed by atoms with Crippen LogP contribution in [0, 0.1) is 0 Å². The van der Waals surface area contributed by atoms with Crippen LogP contribution in [0.1, 0.15) is 45.1 Å². The van der Waals surface area contributed by atoms with Gasteiger partial charge in [-0.2, -0.15) is 0 Å². The van der Waals surface area contributed by atoms with Crippen LogP contribution >= 0.6 is 11.6 Å². The van der Waals surface area contributed by atoms with E-state index in [-0.39, 0.29) is 12.0 Å². The lowest BCUT2D eigenvalue weighted by Crippen LogP contribution is -2.44. The predicted molar refractivity (Wildman–Crippen MR) is 78.8 cm³/mol. The minimum Gasteiger partial charge on any atom is -0.480 e. The van der Waals surface area contributed by atoms with E-state index in [0.29, 0.717) is 11.4 Å². The number of halogens is 1. The molecule has 0 saturated heterocycles. The summed E-state index contributed by atoms with van der Waals surface area (Å²) in [5.74, 6) is -0.548. The molecule has 0 spiro atoms. The zero-order chi connectivity index (χ0) is 14.4. The molecule has 4 heteroatoms. The average molecular weight is 284 g/mol. The lowest BCUT2D eigenvalue weighted by molar-refractivity contribution is -0.139. The number of hydrogen-bond donors (Lipinski definition) is 2. The lowest BCUT2D eigenvalue weighted by Gasteiger charge is -2.25. The number of benzene rings is 1. The Morgan fingerprint density at radius 2 is 1.89 bits per heavy atom. The van der Waals surface area contributed by atoms with Crippen molar-refractivity contribution in [3.8, 4) is 0 Å². The van der Waals surface area contributed by atoms with Crippen LogP contribution in [-0.4, -0.2) is 23.2 Å². The van der Waals surface area contributed by atoms with E-state index in [2.05, 4.69) is 12.2 Å². The van der Waals surface area contributed by atoms with Gasteiger partial charge in [0.15, 0.2) is 0 Å². The third-order valence-electron chi connectivity index (χ3n) is 3.49. The number of carboxylic acids is 1. The molecule has 0 aliphatic heterocycles. The van der Waals surface area contributed by atoms with Crippen molar-refractivity contribution in [2.45, 2.75) is 51.6 Å². The Hall–Kier alpha value is -1.06. The number of aliphatic carboxylic acids is 1. The summed E-state index contributed by atoms with van der Waals surface area (Å²) in [6.07, 6.45) is 1.50. The Labute approximate surface area is 120 Å². The van der Waals surface area contributed by atoms with Gasteiger partial charge in [-0.3, -0.25) is 4.79 Å². The van der Waals surface area contributed by atoms with Gasteiger partial charge in [-0.25, -0.2) is 0 Å². The summed E-state index contributed by atoms with van der Waals surface area (Å²) in [5.41, 5.74) is 1.16. The van der Waals surface area contributed by atoms with Crippen LogP contribution in [0.2, 0.25) is 5.02 Å². The Bertz CT molecular complexity index is 405. The maximum atomic E-state index is 11.1. The number of carbonyl (C=O) groups is 1. The summed E-state index contributed by atoms with van der Waals surface area (Å²) >= 11 is 5.87. The fraction of sp³-hybridized carbons (Fsp3) is 0.533. The molecule has 0 amide bonds. The summed E-state index contributed by atoms with van der Waals surface area (Å²) < 4.78 is 0. The highest BCUT2D eigenvalue weighted by molar-refractivity contribution is 6.30. The Morgan fingerprint density at radius 1 is 1.32 bits per heavy atom. The van der Waals surface area contributed by atoms with E-state index in [1.54, 1.807) is 0 Å². The molecule has 106 valence electrons. The number of carboxylic acid groups (broad SMARTS) is 1. The molecule has 0 aliphatic carbocycles. The van der Waals surface area contributed by atoms with Crippen LogP contribution in [0.25, 0.3) is 0 Å². The van der Waals surface area contributed by atoms with Gasteiger partial charge in [0.1, 0.15) is 6.04 Å². The number of nitrogens with one attached hydrogen (secondary N) is 1. The zero-order valence-electron chi connectivity index (χ0n) is 11.7. The van der Waals surface area contributed by atoms with Gasteiger partial charge in [-0.05, 0) is 37.0 Å². The van der Waals surface area contributed by atoms with E-state index in [4.69, 9.17) is 16.7 Å². The summed E-state index contributed by atoms with van der Waals surface area (Å²) in [6, 6.07) is 7.31. The predicted octanol–water partition coefficient (Wildman–Crippen LogP) is 3.67. The van der Waals surface area contributed by atoms with Crippen LogP contribution in [0.4, 0.5) is 0 Å². The summed E-state index contributed by atoms with van der Waals surface area (Å²) in [7, 11) is 0. The lowest BCUT2D eigenvalue weighted by atomic mass is 9.93. The van der Waals surface area contributed by atoms with Crippen molar-refractivity contribution in [1.29, 1.82) is 0 Å². The third kappa shape index (κ3) is 4.84. The molecule has 3 nitrogen and oxygen atoms in total. The second-order valence-electron chi connectivity index (χ2n) is 4.98. The first kappa shape index (κ1) is 16.0. The van der Waals surface area contributed by atoms with Crippen LogP contribution < -0.4 is 5.32 Å². The van der Waals surface area contributed by atoms with Gasteiger partial charge in [0.05, 0.1) is 0 Å². The first-order chi connectivity index (χ1) is 8.95. The molecule has 0 fully saturated rings. The number of hydrogen-bond acceptors (Lipinski definition) is 2. The molecular weight excluding hydrogens is 262 g/mol. The zero-order valence-corrected chi connectivity index (χ0v) is 12.4. The van der Waals surface area contributed by atoms with Gasteiger partial charge in [-0.1, -0.05) is 44.0 Å². The molecule has 2 N–H and O–H groups in total. The van der Waals surface area contributed by atoms with Gasteiger partial charge in [-0.15, -0.1) is 0 Å². The van der Waals surface area contributed by atoms with Crippen LogP contribution in [0.5, 0.6) is 0 Å². The summed E-state index contributed by atoms with van der Waals surface area (Å²) in [4.78, 5) is 11.1. The minimum absolute atomic E-state index is 0.0915. The minimum atomic E-state index is -0.781.